The third-order valence-electron chi connectivity index (χ3n) is 5.41. The van der Waals surface area contributed by atoms with Gasteiger partial charge >= 0.3 is 0 Å². The van der Waals surface area contributed by atoms with Crippen molar-refractivity contribution >= 4 is 16.9 Å². The highest BCUT2D eigenvalue weighted by atomic mass is 16.5. The van der Waals surface area contributed by atoms with Crippen LogP contribution in [0.3, 0.4) is 0 Å². The van der Waals surface area contributed by atoms with Crippen molar-refractivity contribution < 1.29 is 9.53 Å². The average molecular weight is 429 g/mol. The van der Waals surface area contributed by atoms with Crippen molar-refractivity contribution in [2.45, 2.75) is 33.2 Å². The quantitative estimate of drug-likeness (QED) is 0.399. The lowest BCUT2D eigenvalue weighted by molar-refractivity contribution is 0.0953. The zero-order valence-corrected chi connectivity index (χ0v) is 18.5. The molecule has 32 heavy (non-hydrogen) atoms. The van der Waals surface area contributed by atoms with E-state index in [4.69, 9.17) is 9.72 Å². The molecule has 2 aromatic carbocycles. The lowest BCUT2D eigenvalue weighted by Crippen LogP contribution is -2.26. The Bertz CT molecular complexity index is 1200. The minimum atomic E-state index is -0.123. The van der Waals surface area contributed by atoms with Crippen molar-refractivity contribution in [2.24, 2.45) is 0 Å². The zero-order chi connectivity index (χ0) is 22.3. The van der Waals surface area contributed by atoms with E-state index < -0.39 is 0 Å². The number of nitrogens with one attached hydrogen (secondary N) is 1. The van der Waals surface area contributed by atoms with Crippen LogP contribution >= 0.6 is 0 Å². The number of imidazole rings is 1. The summed E-state index contributed by atoms with van der Waals surface area (Å²) in [5.41, 5.74) is 5.02. The maximum Gasteiger partial charge on any atom is 0.252 e. The topological polar surface area (TPSA) is 69.0 Å². The number of aromatic nitrogens is 3. The lowest BCUT2D eigenvalue weighted by Gasteiger charge is -2.12. The molecule has 6 nitrogen and oxygen atoms in total. The SMILES string of the molecule is Cc1ccc(OCCCn2c(CCNC(=O)c3cccnc3)nc3ccccc32)c(C)c1. The summed E-state index contributed by atoms with van der Waals surface area (Å²) >= 11 is 0. The Morgan fingerprint density at radius 1 is 1.09 bits per heavy atom. The zero-order valence-electron chi connectivity index (χ0n) is 18.5. The number of fused-ring (bicyclic) bond motifs is 1. The van der Waals surface area contributed by atoms with Gasteiger partial charge in [-0.1, -0.05) is 29.8 Å². The number of para-hydroxylation sites is 2. The fourth-order valence-electron chi connectivity index (χ4n) is 3.82. The van der Waals surface area contributed by atoms with E-state index in [0.717, 1.165) is 41.1 Å². The Morgan fingerprint density at radius 3 is 2.78 bits per heavy atom. The molecule has 1 N–H and O–H groups in total. The van der Waals surface area contributed by atoms with Crippen LogP contribution < -0.4 is 10.1 Å². The number of hydrogen-bond donors (Lipinski definition) is 1. The normalized spacial score (nSPS) is 10.9. The van der Waals surface area contributed by atoms with E-state index in [9.17, 15) is 4.79 Å². The number of pyridine rings is 1. The van der Waals surface area contributed by atoms with Gasteiger partial charge in [-0.15, -0.1) is 0 Å². The molecule has 6 heteroatoms. The van der Waals surface area contributed by atoms with E-state index in [1.54, 1.807) is 24.5 Å². The van der Waals surface area contributed by atoms with Gasteiger partial charge < -0.3 is 14.6 Å². The highest BCUT2D eigenvalue weighted by molar-refractivity contribution is 5.93. The Hall–Kier alpha value is -3.67. The average Bonchev–Trinajstić information content (AvgIpc) is 3.15. The van der Waals surface area contributed by atoms with Crippen LogP contribution in [0.4, 0.5) is 0 Å². The summed E-state index contributed by atoms with van der Waals surface area (Å²) in [6.45, 7) is 6.10. The number of rotatable bonds is 9. The second kappa shape index (κ2) is 10.1. The van der Waals surface area contributed by atoms with E-state index in [0.29, 0.717) is 25.1 Å². The van der Waals surface area contributed by atoms with Gasteiger partial charge in [0.1, 0.15) is 11.6 Å². The molecule has 4 aromatic rings. The van der Waals surface area contributed by atoms with Crippen molar-refractivity contribution in [1.82, 2.24) is 19.9 Å². The van der Waals surface area contributed by atoms with E-state index in [-0.39, 0.29) is 5.91 Å². The second-order valence-corrected chi connectivity index (χ2v) is 7.89. The van der Waals surface area contributed by atoms with Gasteiger partial charge in [0.05, 0.1) is 23.2 Å². The molecule has 0 aliphatic carbocycles. The first-order valence-corrected chi connectivity index (χ1v) is 10.9. The molecule has 0 bridgehead atoms. The van der Waals surface area contributed by atoms with Crippen molar-refractivity contribution in [3.05, 3.63) is 89.5 Å². The number of carbonyl (C=O) groups excluding carboxylic acids is 1. The fraction of sp³-hybridized carbons (Fsp3) is 0.269. The van der Waals surface area contributed by atoms with Crippen LogP contribution in [0.25, 0.3) is 11.0 Å². The summed E-state index contributed by atoms with van der Waals surface area (Å²) in [5.74, 6) is 1.77. The third kappa shape index (κ3) is 5.14. The maximum absolute atomic E-state index is 12.3. The molecule has 2 aromatic heterocycles. The van der Waals surface area contributed by atoms with Crippen LogP contribution in [-0.4, -0.2) is 33.6 Å². The number of benzene rings is 2. The molecule has 164 valence electrons. The number of aryl methyl sites for hydroxylation is 3. The number of ether oxygens (including phenoxy) is 1. The summed E-state index contributed by atoms with van der Waals surface area (Å²) in [6.07, 6.45) is 4.74. The van der Waals surface area contributed by atoms with Gasteiger partial charge in [0, 0.05) is 31.9 Å². The lowest BCUT2D eigenvalue weighted by atomic mass is 10.1. The number of amides is 1. The van der Waals surface area contributed by atoms with Crippen LogP contribution in [0.15, 0.2) is 67.0 Å². The highest BCUT2D eigenvalue weighted by Crippen LogP contribution is 2.20. The minimum absolute atomic E-state index is 0.123. The van der Waals surface area contributed by atoms with Crippen LogP contribution in [0, 0.1) is 13.8 Å². The van der Waals surface area contributed by atoms with Gasteiger partial charge in [-0.05, 0) is 56.2 Å². The molecule has 0 saturated carbocycles. The second-order valence-electron chi connectivity index (χ2n) is 7.89. The first-order valence-electron chi connectivity index (χ1n) is 10.9. The largest absolute Gasteiger partial charge is 0.493 e. The summed E-state index contributed by atoms with van der Waals surface area (Å²) < 4.78 is 8.24. The molecular weight excluding hydrogens is 400 g/mol. The molecule has 0 atom stereocenters. The minimum Gasteiger partial charge on any atom is -0.493 e. The molecule has 0 aliphatic heterocycles. The van der Waals surface area contributed by atoms with E-state index in [1.807, 2.05) is 24.3 Å². The summed E-state index contributed by atoms with van der Waals surface area (Å²) in [6, 6.07) is 17.9. The molecule has 1 amide bonds. The molecule has 4 rings (SSSR count). The maximum atomic E-state index is 12.3. The fourth-order valence-corrected chi connectivity index (χ4v) is 3.82. The molecule has 0 spiro atoms. The molecular formula is C26H28N4O2. The van der Waals surface area contributed by atoms with Crippen LogP contribution in [0.5, 0.6) is 5.75 Å². The van der Waals surface area contributed by atoms with Gasteiger partial charge in [-0.2, -0.15) is 0 Å². The van der Waals surface area contributed by atoms with Crippen molar-refractivity contribution in [3.63, 3.8) is 0 Å². The standard InChI is InChI=1S/C26H28N4O2/c1-19-10-11-24(20(2)17-19)32-16-6-15-30-23-9-4-3-8-22(23)29-25(30)12-14-28-26(31)21-7-5-13-27-18-21/h3-5,7-11,13,17-18H,6,12,14-16H2,1-2H3,(H,28,31). The van der Waals surface area contributed by atoms with Crippen molar-refractivity contribution in [2.75, 3.05) is 13.2 Å². The van der Waals surface area contributed by atoms with Crippen LogP contribution in [0.2, 0.25) is 0 Å². The predicted octanol–water partition coefficient (Wildman–Crippen LogP) is 4.49. The summed E-state index contributed by atoms with van der Waals surface area (Å²) in [7, 11) is 0. The summed E-state index contributed by atoms with van der Waals surface area (Å²) in [4.78, 5) is 21.1. The Morgan fingerprint density at radius 2 is 1.97 bits per heavy atom. The van der Waals surface area contributed by atoms with E-state index >= 15 is 0 Å². The summed E-state index contributed by atoms with van der Waals surface area (Å²) in [5, 5.41) is 2.96. The van der Waals surface area contributed by atoms with Gasteiger partial charge in [0.2, 0.25) is 0 Å². The number of carbonyl (C=O) groups is 1. The third-order valence-corrected chi connectivity index (χ3v) is 5.41. The van der Waals surface area contributed by atoms with Gasteiger partial charge in [-0.25, -0.2) is 4.98 Å². The van der Waals surface area contributed by atoms with Crippen LogP contribution in [0.1, 0.15) is 33.7 Å². The van der Waals surface area contributed by atoms with Gasteiger partial charge in [0.15, 0.2) is 0 Å². The van der Waals surface area contributed by atoms with E-state index in [2.05, 4.69) is 46.9 Å². The van der Waals surface area contributed by atoms with Crippen molar-refractivity contribution in [1.29, 1.82) is 0 Å². The van der Waals surface area contributed by atoms with Gasteiger partial charge in [0.25, 0.3) is 5.91 Å². The molecule has 0 aliphatic rings. The Balaban J connectivity index is 1.38. The Kier molecular flexibility index (Phi) is 6.80. The van der Waals surface area contributed by atoms with Gasteiger partial charge in [-0.3, -0.25) is 9.78 Å². The highest BCUT2D eigenvalue weighted by Gasteiger charge is 2.12. The molecule has 2 heterocycles. The first kappa shape index (κ1) is 21.6. The molecule has 0 fully saturated rings. The first-order chi connectivity index (χ1) is 15.6. The predicted molar refractivity (Wildman–Crippen MR) is 126 cm³/mol. The molecule has 0 saturated heterocycles. The Labute approximate surface area is 188 Å². The van der Waals surface area contributed by atoms with Crippen LogP contribution in [-0.2, 0) is 13.0 Å². The molecule has 0 radical (unpaired) electrons. The van der Waals surface area contributed by atoms with Crippen molar-refractivity contribution in [3.8, 4) is 5.75 Å². The smallest absolute Gasteiger partial charge is 0.252 e. The molecule has 0 unspecified atom stereocenters. The number of hydrogen-bond acceptors (Lipinski definition) is 4. The van der Waals surface area contributed by atoms with E-state index in [1.165, 1.54) is 5.56 Å². The monoisotopic (exact) mass is 428 g/mol. The number of nitrogens with zero attached hydrogens (tertiary/aromatic N) is 3.